The quantitative estimate of drug-likeness (QED) is 0.511. The van der Waals surface area contributed by atoms with Crippen molar-refractivity contribution >= 4 is 27.3 Å². The van der Waals surface area contributed by atoms with E-state index < -0.39 is 21.5 Å². The van der Waals surface area contributed by atoms with Crippen LogP contribution in [0, 0.1) is 6.92 Å². The lowest BCUT2D eigenvalue weighted by molar-refractivity contribution is -0.120. The molecular weight excluding hydrogens is 418 g/mol. The minimum atomic E-state index is -3.91. The molecule has 0 aliphatic heterocycles. The number of nitrogens with two attached hydrogens (primary N) is 1. The van der Waals surface area contributed by atoms with Crippen molar-refractivity contribution in [1.29, 1.82) is 0 Å². The Bertz CT molecular complexity index is 1190. The third-order valence-corrected chi connectivity index (χ3v) is 5.86. The predicted octanol–water partition coefficient (Wildman–Crippen LogP) is 3.74. The number of hydrogen-bond donors (Lipinski definition) is 3. The molecule has 0 saturated carbocycles. The maximum Gasteiger partial charge on any atom is 0.262 e. The highest BCUT2D eigenvalue weighted by atomic mass is 32.2. The molecule has 8 nitrogen and oxygen atoms in total. The molecule has 0 aliphatic carbocycles. The fraction of sp³-hybridized carbons (Fsp3) is 0.227. The lowest BCUT2D eigenvalue weighted by atomic mass is 10.1. The number of anilines is 2. The molecule has 0 saturated heterocycles. The van der Waals surface area contributed by atoms with E-state index in [0.29, 0.717) is 17.2 Å². The first-order chi connectivity index (χ1) is 14.5. The van der Waals surface area contributed by atoms with Crippen LogP contribution in [-0.4, -0.2) is 27.0 Å². The van der Waals surface area contributed by atoms with Crippen molar-refractivity contribution in [1.82, 2.24) is 0 Å². The summed E-state index contributed by atoms with van der Waals surface area (Å²) in [4.78, 5) is 12.2. The number of aryl methyl sites for hydroxylation is 1. The maximum absolute atomic E-state index is 12.9. The minimum Gasteiger partial charge on any atom is -0.495 e. The zero-order valence-corrected chi connectivity index (χ0v) is 18.5. The van der Waals surface area contributed by atoms with Crippen LogP contribution >= 0.6 is 0 Å². The van der Waals surface area contributed by atoms with Gasteiger partial charge in [0.25, 0.3) is 10.0 Å². The Labute approximate surface area is 181 Å². The van der Waals surface area contributed by atoms with Crippen molar-refractivity contribution in [3.63, 3.8) is 0 Å². The third kappa shape index (κ3) is 5.25. The number of amides is 1. The van der Waals surface area contributed by atoms with Gasteiger partial charge in [0.1, 0.15) is 17.3 Å². The predicted molar refractivity (Wildman–Crippen MR) is 120 cm³/mol. The van der Waals surface area contributed by atoms with E-state index in [1.54, 1.807) is 38.1 Å². The molecule has 3 rings (SSSR count). The first kappa shape index (κ1) is 22.4. The second-order valence-electron chi connectivity index (χ2n) is 7.63. The number of ether oxygens (including phenoxy) is 1. The highest BCUT2D eigenvalue weighted by Gasteiger charge is 2.23. The van der Waals surface area contributed by atoms with Gasteiger partial charge in [0.05, 0.1) is 23.2 Å². The molecule has 0 radical (unpaired) electrons. The van der Waals surface area contributed by atoms with Crippen molar-refractivity contribution in [2.75, 3.05) is 17.1 Å². The van der Waals surface area contributed by atoms with Gasteiger partial charge in [-0.2, -0.15) is 0 Å². The van der Waals surface area contributed by atoms with Gasteiger partial charge in [-0.05, 0) is 75.4 Å². The van der Waals surface area contributed by atoms with Crippen molar-refractivity contribution in [2.45, 2.75) is 31.2 Å². The average Bonchev–Trinajstić information content (AvgIpc) is 3.14. The van der Waals surface area contributed by atoms with Gasteiger partial charge in [-0.15, -0.1) is 0 Å². The number of rotatable bonds is 7. The molecule has 9 heteroatoms. The Morgan fingerprint density at radius 1 is 1.06 bits per heavy atom. The fourth-order valence-electron chi connectivity index (χ4n) is 2.75. The molecule has 2 aromatic carbocycles. The van der Waals surface area contributed by atoms with Gasteiger partial charge in [-0.25, -0.2) is 8.42 Å². The molecule has 0 spiro atoms. The van der Waals surface area contributed by atoms with Gasteiger partial charge in [0.15, 0.2) is 0 Å². The Balaban J connectivity index is 1.86. The normalized spacial score (nSPS) is 11.8. The summed E-state index contributed by atoms with van der Waals surface area (Å²) in [6.07, 6.45) is 0. The molecule has 4 N–H and O–H groups in total. The number of furan rings is 1. The fourth-order valence-corrected chi connectivity index (χ4v) is 3.81. The van der Waals surface area contributed by atoms with E-state index in [2.05, 4.69) is 10.0 Å². The van der Waals surface area contributed by atoms with Crippen LogP contribution in [0.2, 0.25) is 0 Å². The topological polar surface area (TPSA) is 124 Å². The molecule has 0 aliphatic rings. The maximum atomic E-state index is 12.9. The van der Waals surface area contributed by atoms with Crippen LogP contribution in [0.1, 0.15) is 19.6 Å². The number of benzene rings is 2. The summed E-state index contributed by atoms with van der Waals surface area (Å²) in [7, 11) is -2.49. The standard InChI is InChI=1S/C22H25N3O5S/c1-14-5-11-19(30-14)15-6-9-17(10-7-15)31(27,28)25-18-13-16(8-12-20(18)29-4)24-21(26)22(2,3)23/h5-13,25H,23H2,1-4H3,(H,24,26). The second-order valence-corrected chi connectivity index (χ2v) is 9.31. The molecule has 1 aromatic heterocycles. The van der Waals surface area contributed by atoms with Crippen molar-refractivity contribution in [3.05, 3.63) is 60.4 Å². The summed E-state index contributed by atoms with van der Waals surface area (Å²) in [6, 6.07) is 14.6. The molecule has 1 heterocycles. The minimum absolute atomic E-state index is 0.0686. The second kappa shape index (κ2) is 8.44. The van der Waals surface area contributed by atoms with Crippen LogP contribution in [0.25, 0.3) is 11.3 Å². The van der Waals surface area contributed by atoms with E-state index in [1.165, 1.54) is 25.3 Å². The molecule has 0 unspecified atom stereocenters. The zero-order chi connectivity index (χ0) is 22.8. The lowest BCUT2D eigenvalue weighted by Crippen LogP contribution is -2.45. The first-order valence-electron chi connectivity index (χ1n) is 9.48. The van der Waals surface area contributed by atoms with Crippen LogP contribution in [0.5, 0.6) is 5.75 Å². The van der Waals surface area contributed by atoms with Gasteiger partial charge in [-0.1, -0.05) is 0 Å². The number of hydrogen-bond acceptors (Lipinski definition) is 6. The van der Waals surface area contributed by atoms with Gasteiger partial charge >= 0.3 is 0 Å². The Morgan fingerprint density at radius 3 is 2.29 bits per heavy atom. The number of nitrogens with one attached hydrogen (secondary N) is 2. The van der Waals surface area contributed by atoms with Gasteiger partial charge < -0.3 is 20.2 Å². The SMILES string of the molecule is COc1ccc(NC(=O)C(C)(C)N)cc1NS(=O)(=O)c1ccc(-c2ccc(C)o2)cc1. The van der Waals surface area contributed by atoms with Crippen molar-refractivity contribution in [3.8, 4) is 17.1 Å². The summed E-state index contributed by atoms with van der Waals surface area (Å²) in [5.74, 6) is 1.32. The van der Waals surface area contributed by atoms with Gasteiger partial charge in [0.2, 0.25) is 5.91 Å². The number of sulfonamides is 1. The first-order valence-corrected chi connectivity index (χ1v) is 11.0. The Morgan fingerprint density at radius 2 is 1.74 bits per heavy atom. The number of methoxy groups -OCH3 is 1. The largest absolute Gasteiger partial charge is 0.495 e. The Kier molecular flexibility index (Phi) is 6.10. The molecule has 3 aromatic rings. The highest BCUT2D eigenvalue weighted by Crippen LogP contribution is 2.31. The molecule has 0 bridgehead atoms. The van der Waals surface area contributed by atoms with Gasteiger partial charge in [-0.3, -0.25) is 9.52 Å². The molecule has 31 heavy (non-hydrogen) atoms. The summed E-state index contributed by atoms with van der Waals surface area (Å²) in [5.41, 5.74) is 6.03. The van der Waals surface area contributed by atoms with E-state index in [9.17, 15) is 13.2 Å². The summed E-state index contributed by atoms with van der Waals surface area (Å²) >= 11 is 0. The lowest BCUT2D eigenvalue weighted by Gasteiger charge is -2.19. The molecule has 1 amide bonds. The smallest absolute Gasteiger partial charge is 0.262 e. The van der Waals surface area contributed by atoms with Gasteiger partial charge in [0, 0.05) is 11.3 Å². The summed E-state index contributed by atoms with van der Waals surface area (Å²) < 4.78 is 39.2. The average molecular weight is 444 g/mol. The van der Waals surface area contributed by atoms with Crippen molar-refractivity contribution < 1.29 is 22.4 Å². The summed E-state index contributed by atoms with van der Waals surface area (Å²) in [5, 5.41) is 2.66. The van der Waals surface area contributed by atoms with Crippen LogP contribution in [0.15, 0.2) is 63.9 Å². The molecule has 0 fully saturated rings. The third-order valence-electron chi connectivity index (χ3n) is 4.48. The Hall–Kier alpha value is -3.30. The van der Waals surface area contributed by atoms with E-state index in [-0.39, 0.29) is 10.6 Å². The van der Waals surface area contributed by atoms with E-state index in [1.807, 2.05) is 19.1 Å². The van der Waals surface area contributed by atoms with Crippen LogP contribution < -0.4 is 20.5 Å². The van der Waals surface area contributed by atoms with E-state index in [4.69, 9.17) is 14.9 Å². The monoisotopic (exact) mass is 443 g/mol. The van der Waals surface area contributed by atoms with Crippen LogP contribution in [0.3, 0.4) is 0 Å². The van der Waals surface area contributed by atoms with E-state index >= 15 is 0 Å². The molecule has 164 valence electrons. The highest BCUT2D eigenvalue weighted by molar-refractivity contribution is 7.92. The van der Waals surface area contributed by atoms with Crippen molar-refractivity contribution in [2.24, 2.45) is 5.73 Å². The molecule has 0 atom stereocenters. The number of carbonyl (C=O) groups excluding carboxylic acids is 1. The molecular formula is C22H25N3O5S. The van der Waals surface area contributed by atoms with E-state index in [0.717, 1.165) is 11.3 Å². The zero-order valence-electron chi connectivity index (χ0n) is 17.7. The van der Waals surface area contributed by atoms with Crippen LogP contribution in [-0.2, 0) is 14.8 Å². The summed E-state index contributed by atoms with van der Waals surface area (Å²) in [6.45, 7) is 4.98. The number of carbonyl (C=O) groups is 1. The van der Waals surface area contributed by atoms with Crippen LogP contribution in [0.4, 0.5) is 11.4 Å².